The molecule has 0 spiro atoms. The molecule has 1 aliphatic rings. The number of hydrogen-bond donors (Lipinski definition) is 1. The molecule has 0 fully saturated rings. The van der Waals surface area contributed by atoms with Gasteiger partial charge in [-0.25, -0.2) is 0 Å². The Morgan fingerprint density at radius 2 is 2.11 bits per heavy atom. The predicted molar refractivity (Wildman–Crippen MR) is 110 cm³/mol. The molecule has 1 amide bonds. The van der Waals surface area contributed by atoms with Gasteiger partial charge in [0, 0.05) is 27.3 Å². The van der Waals surface area contributed by atoms with Gasteiger partial charge >= 0.3 is 160 Å². The number of carbonyl (C=O) groups is 1. The molecule has 1 radical (unpaired) electrons. The summed E-state index contributed by atoms with van der Waals surface area (Å²) in [5.74, 6) is -0.296. The van der Waals surface area contributed by atoms with Gasteiger partial charge in [0.25, 0.3) is 0 Å². The molecule has 0 aromatic heterocycles. The zero-order chi connectivity index (χ0) is 19.6. The van der Waals surface area contributed by atoms with Crippen LogP contribution in [0, 0.1) is 10.1 Å². The van der Waals surface area contributed by atoms with Crippen molar-refractivity contribution >= 4 is 63.4 Å². The van der Waals surface area contributed by atoms with Crippen molar-refractivity contribution < 1.29 is 23.7 Å². The average Bonchev–Trinajstić information content (AvgIpc) is 3.05. The Balaban J connectivity index is 0.00000280. The predicted octanol–water partition coefficient (Wildman–Crippen LogP) is 2.22. The Bertz CT molecular complexity index is 967. The van der Waals surface area contributed by atoms with Crippen LogP contribution in [-0.4, -0.2) is 63.0 Å². The molecule has 0 bridgehead atoms. The van der Waals surface area contributed by atoms with E-state index < -0.39 is 22.6 Å². The molecule has 28 heavy (non-hydrogen) atoms. The second-order valence-electron chi connectivity index (χ2n) is 5.79. The van der Waals surface area contributed by atoms with Gasteiger partial charge in [-0.2, -0.15) is 0 Å². The number of nitrogens with zero attached hydrogens (tertiary/aromatic N) is 2. The van der Waals surface area contributed by atoms with Crippen molar-refractivity contribution in [2.75, 3.05) is 18.6 Å². The zero-order valence-corrected chi connectivity index (χ0v) is 21.1. The van der Waals surface area contributed by atoms with Gasteiger partial charge in [0.1, 0.15) is 0 Å². The number of para-hydroxylation sites is 1. The summed E-state index contributed by atoms with van der Waals surface area (Å²) in [7, 11) is 5.29. The van der Waals surface area contributed by atoms with Crippen LogP contribution in [0.3, 0.4) is 0 Å². The third kappa shape index (κ3) is 4.27. The van der Waals surface area contributed by atoms with E-state index in [0.29, 0.717) is 12.1 Å². The Labute approximate surface area is 186 Å². The molecule has 1 N–H and O–H groups in total. The molecule has 1 heterocycles. The number of aliphatic hydroxyl groups excluding tert-OH is 1. The normalized spacial score (nSPS) is 14.8. The van der Waals surface area contributed by atoms with Crippen molar-refractivity contribution in [2.24, 2.45) is 0 Å². The Morgan fingerprint density at radius 1 is 1.39 bits per heavy atom. The number of ether oxygens (including phenoxy) is 1. The molecule has 2 aromatic carbocycles. The largest absolute Gasteiger partial charge is 0 e. The Morgan fingerprint density at radius 3 is 2.71 bits per heavy atom. The molecule has 8 nitrogen and oxygen atoms in total. The second-order valence-corrected chi connectivity index (χ2v) is 6.63. The smallest absolute Gasteiger partial charge is 0 e. The van der Waals surface area contributed by atoms with Crippen molar-refractivity contribution in [3.05, 3.63) is 57.6 Å². The summed E-state index contributed by atoms with van der Waals surface area (Å²) in [6.45, 7) is -0.259. The molecule has 1 atom stereocenters. The minimum absolute atomic E-state index is 0. The number of thiol groups is 1. The molecule has 0 aliphatic carbocycles. The molecule has 1 aliphatic heterocycles. The van der Waals surface area contributed by atoms with Crippen LogP contribution < -0.4 is 13.8 Å². The van der Waals surface area contributed by atoms with Crippen LogP contribution in [0.4, 0.5) is 11.4 Å². The van der Waals surface area contributed by atoms with E-state index in [0.717, 1.165) is 11.6 Å². The number of aliphatic hydroxyl groups is 1. The van der Waals surface area contributed by atoms with Crippen LogP contribution in [0.15, 0.2) is 36.4 Å². The van der Waals surface area contributed by atoms with Gasteiger partial charge in [-0.1, -0.05) is 0 Å². The summed E-state index contributed by atoms with van der Waals surface area (Å²) in [5.41, 5.74) is 0.974. The first kappa shape index (κ1) is 22.9. The molecule has 3 rings (SSSR count). The van der Waals surface area contributed by atoms with E-state index in [2.05, 4.69) is 7.81 Å². The number of nitro benzene ring substituents is 1. The third-order valence-corrected chi connectivity index (χ3v) is 4.87. The van der Waals surface area contributed by atoms with Crippen LogP contribution in [0.1, 0.15) is 15.9 Å². The van der Waals surface area contributed by atoms with Gasteiger partial charge < -0.3 is 0 Å². The van der Waals surface area contributed by atoms with Crippen molar-refractivity contribution in [1.82, 2.24) is 0 Å². The third-order valence-electron chi connectivity index (χ3n) is 4.35. The van der Waals surface area contributed by atoms with E-state index >= 15 is 0 Å². The molecule has 11 heteroatoms. The first-order chi connectivity index (χ1) is 13.0. The first-order valence-corrected chi connectivity index (χ1v) is 9.88. The van der Waals surface area contributed by atoms with Crippen LogP contribution in [0.5, 0.6) is 11.5 Å². The minimum atomic E-state index is -0.648. The number of carbonyl (C=O) groups excluding carboxylic acids is 1. The van der Waals surface area contributed by atoms with E-state index in [-0.39, 0.29) is 62.0 Å². The number of amides is 1. The minimum Gasteiger partial charge on any atom is 0 e. The number of nitro groups is 1. The zero-order valence-electron chi connectivity index (χ0n) is 14.8. The quantitative estimate of drug-likeness (QED) is 0.139. The average molecular weight is 612 g/mol. The van der Waals surface area contributed by atoms with Crippen LogP contribution >= 0.6 is 7.81 Å². The number of rotatable bonds is 5. The number of fused-ring (bicyclic) bond motifs is 1. The standard InChI is InChI=1S/C17H16N2O6PS.Tl/c1-24-15-7-12(14(19(22)23)8-16(15)25-27-26)17(21)18-11(9-20)6-10-4-2-3-5-13(10)18;/h2-5,7-8,11,20,27H,6,9H2,1H3;/q-1;/t11-;/m0./s1. The van der Waals surface area contributed by atoms with Crippen molar-refractivity contribution in [3.8, 4) is 11.5 Å². The van der Waals surface area contributed by atoms with Crippen molar-refractivity contribution in [3.63, 3.8) is 0 Å². The van der Waals surface area contributed by atoms with Gasteiger partial charge in [0.2, 0.25) is 0 Å². The van der Waals surface area contributed by atoms with E-state index in [9.17, 15) is 20.0 Å². The number of hydrogen-bond acceptors (Lipinski definition) is 7. The van der Waals surface area contributed by atoms with Crippen LogP contribution in [0.25, 0.3) is 0 Å². The molecule has 145 valence electrons. The maximum absolute atomic E-state index is 13.2. The molecular weight excluding hydrogens is 596 g/mol. The Hall–Kier alpha value is -1.43. The number of anilines is 1. The van der Waals surface area contributed by atoms with Crippen LogP contribution in [-0.2, 0) is 17.4 Å². The second kappa shape index (κ2) is 9.86. The Kier molecular flexibility index (Phi) is 8.05. The molecule has 0 saturated heterocycles. The summed E-state index contributed by atoms with van der Waals surface area (Å²) < 4.78 is 10.4. The van der Waals surface area contributed by atoms with E-state index in [1.165, 1.54) is 18.1 Å². The molecule has 2 aromatic rings. The topological polar surface area (TPSA) is 102 Å². The molecular formula is C17H16N2O6PSTl-. The summed E-state index contributed by atoms with van der Waals surface area (Å²) in [4.78, 5) is 25.5. The van der Waals surface area contributed by atoms with E-state index in [1.807, 2.05) is 12.1 Å². The number of benzene rings is 2. The van der Waals surface area contributed by atoms with Crippen LogP contribution in [0.2, 0.25) is 0 Å². The fourth-order valence-electron chi connectivity index (χ4n) is 3.16. The fraction of sp³-hybridized carbons (Fsp3) is 0.235. The molecule has 0 unspecified atom stereocenters. The monoisotopic (exact) mass is 612 g/mol. The van der Waals surface area contributed by atoms with Gasteiger partial charge in [-0.05, 0) is 0 Å². The van der Waals surface area contributed by atoms with E-state index in [1.54, 1.807) is 12.1 Å². The SMILES string of the molecule is COc1cc(C(=O)N2c3ccccc3C[C@H]2CO)c([N+](=O)[O-])cc1O[SH-]#P.[Tl]. The van der Waals surface area contributed by atoms with Gasteiger partial charge in [-0.15, -0.1) is 0 Å². The summed E-state index contributed by atoms with van der Waals surface area (Å²) in [6.07, 6.45) is 0.475. The number of methoxy groups -OCH3 is 1. The summed E-state index contributed by atoms with van der Waals surface area (Å²) >= 11 is 0.229. The molecule has 0 saturated carbocycles. The first-order valence-electron chi connectivity index (χ1n) is 7.92. The van der Waals surface area contributed by atoms with Crippen molar-refractivity contribution in [1.29, 1.82) is 0 Å². The summed E-state index contributed by atoms with van der Waals surface area (Å²) in [6, 6.07) is 9.17. The summed E-state index contributed by atoms with van der Waals surface area (Å²) in [5, 5.41) is 21.3. The fourth-order valence-corrected chi connectivity index (χ4v) is 3.65. The van der Waals surface area contributed by atoms with Gasteiger partial charge in [-0.3, -0.25) is 0 Å². The van der Waals surface area contributed by atoms with Crippen molar-refractivity contribution in [2.45, 2.75) is 12.5 Å². The van der Waals surface area contributed by atoms with Gasteiger partial charge in [0.15, 0.2) is 0 Å². The van der Waals surface area contributed by atoms with Gasteiger partial charge in [0.05, 0.1) is 0 Å². The van der Waals surface area contributed by atoms with E-state index in [4.69, 9.17) is 8.92 Å². The maximum atomic E-state index is 13.2. The maximum Gasteiger partial charge on any atom is 0 e.